The Morgan fingerprint density at radius 1 is 1.27 bits per heavy atom. The number of carbonyl (C=O) groups is 1. The molecule has 1 heterocycles. The number of amides is 1. The van der Waals surface area contributed by atoms with Crippen LogP contribution in [0.1, 0.15) is 26.3 Å². The highest BCUT2D eigenvalue weighted by molar-refractivity contribution is 5.86. The quantitative estimate of drug-likeness (QED) is 0.406. The Bertz CT molecular complexity index is 579. The van der Waals surface area contributed by atoms with E-state index in [1.54, 1.807) is 27.4 Å². The van der Waals surface area contributed by atoms with Crippen LogP contribution in [0, 0.1) is 0 Å². The largest absolute Gasteiger partial charge is 0.472 e. The van der Waals surface area contributed by atoms with E-state index in [2.05, 4.69) is 20.6 Å². The van der Waals surface area contributed by atoms with Gasteiger partial charge in [0.25, 0.3) is 0 Å². The van der Waals surface area contributed by atoms with Gasteiger partial charge in [-0.05, 0) is 26.3 Å². The van der Waals surface area contributed by atoms with E-state index in [4.69, 9.17) is 9.47 Å². The number of likely N-dealkylation sites (N-methyl/N-ethyl adjacent to an activating group) is 1. The van der Waals surface area contributed by atoms with Crippen molar-refractivity contribution < 1.29 is 14.3 Å². The zero-order chi connectivity index (χ0) is 19.6. The second kappa shape index (κ2) is 10.6. The van der Waals surface area contributed by atoms with Gasteiger partial charge in [0.1, 0.15) is 5.60 Å². The summed E-state index contributed by atoms with van der Waals surface area (Å²) >= 11 is 0. The van der Waals surface area contributed by atoms with E-state index < -0.39 is 0 Å². The summed E-state index contributed by atoms with van der Waals surface area (Å²) in [6.07, 6.45) is 1.74. The van der Waals surface area contributed by atoms with Gasteiger partial charge >= 0.3 is 0 Å². The molecule has 146 valence electrons. The summed E-state index contributed by atoms with van der Waals surface area (Å²) in [7, 11) is 5.06. The monoisotopic (exact) mass is 365 g/mol. The van der Waals surface area contributed by atoms with Gasteiger partial charge in [0, 0.05) is 40.0 Å². The van der Waals surface area contributed by atoms with Crippen LogP contribution in [0.25, 0.3) is 0 Å². The molecule has 0 radical (unpaired) electrons. The molecule has 0 fully saturated rings. The van der Waals surface area contributed by atoms with Crippen LogP contribution in [-0.2, 0) is 16.1 Å². The van der Waals surface area contributed by atoms with Crippen LogP contribution in [-0.4, -0.2) is 68.3 Å². The molecule has 26 heavy (non-hydrogen) atoms. The minimum absolute atomic E-state index is 0.0309. The molecule has 0 spiro atoms. The van der Waals surface area contributed by atoms with Crippen LogP contribution in [0.15, 0.2) is 23.3 Å². The standard InChI is InChI=1S/C18H31N5O3/c1-18(2,3)26-15-8-7-14(11-20-15)12-21-17(19-9-10-25-6)22-13-16(24)23(4)5/h7-8,11H,9-10,12-13H2,1-6H3,(H2,19,21,22). The Kier molecular flexibility index (Phi) is 8.84. The first-order valence-electron chi connectivity index (χ1n) is 8.56. The summed E-state index contributed by atoms with van der Waals surface area (Å²) in [4.78, 5) is 22.1. The molecule has 0 saturated heterocycles. The summed E-state index contributed by atoms with van der Waals surface area (Å²) in [5.41, 5.74) is 0.659. The van der Waals surface area contributed by atoms with Crippen molar-refractivity contribution in [3.8, 4) is 5.88 Å². The number of rotatable bonds is 8. The van der Waals surface area contributed by atoms with Gasteiger partial charge in [-0.25, -0.2) is 9.98 Å². The zero-order valence-corrected chi connectivity index (χ0v) is 16.6. The fraction of sp³-hybridized carbons (Fsp3) is 0.611. The number of nitrogens with zero attached hydrogens (tertiary/aromatic N) is 3. The van der Waals surface area contributed by atoms with Gasteiger partial charge in [-0.1, -0.05) is 6.07 Å². The number of nitrogens with one attached hydrogen (secondary N) is 2. The van der Waals surface area contributed by atoms with Crippen molar-refractivity contribution in [2.75, 3.05) is 40.9 Å². The molecule has 0 aromatic carbocycles. The maximum atomic E-state index is 11.7. The Morgan fingerprint density at radius 2 is 2.00 bits per heavy atom. The smallest absolute Gasteiger partial charge is 0.241 e. The van der Waals surface area contributed by atoms with Crippen molar-refractivity contribution in [3.63, 3.8) is 0 Å². The summed E-state index contributed by atoms with van der Waals surface area (Å²) < 4.78 is 10.7. The number of hydrogen-bond donors (Lipinski definition) is 2. The zero-order valence-electron chi connectivity index (χ0n) is 16.6. The van der Waals surface area contributed by atoms with Gasteiger partial charge in [0.05, 0.1) is 19.7 Å². The fourth-order valence-corrected chi connectivity index (χ4v) is 1.81. The van der Waals surface area contributed by atoms with E-state index in [1.807, 2.05) is 32.9 Å². The molecule has 8 heteroatoms. The van der Waals surface area contributed by atoms with Crippen molar-refractivity contribution >= 4 is 11.9 Å². The van der Waals surface area contributed by atoms with Crippen LogP contribution in [0.4, 0.5) is 0 Å². The minimum atomic E-state index is -0.284. The number of carbonyl (C=O) groups excluding carboxylic acids is 1. The van der Waals surface area contributed by atoms with Gasteiger partial charge in [-0.3, -0.25) is 4.79 Å². The molecular formula is C18H31N5O3. The van der Waals surface area contributed by atoms with E-state index >= 15 is 0 Å². The third-order valence-corrected chi connectivity index (χ3v) is 3.13. The average molecular weight is 365 g/mol. The molecule has 0 bridgehead atoms. The van der Waals surface area contributed by atoms with Crippen molar-refractivity contribution in [1.82, 2.24) is 20.5 Å². The summed E-state index contributed by atoms with van der Waals surface area (Å²) in [5.74, 6) is 1.10. The number of pyridine rings is 1. The lowest BCUT2D eigenvalue weighted by Crippen LogP contribution is -2.43. The number of aromatic nitrogens is 1. The Hall–Kier alpha value is -2.35. The number of guanidine groups is 1. The molecule has 0 aliphatic heterocycles. The van der Waals surface area contributed by atoms with Crippen LogP contribution in [0.5, 0.6) is 5.88 Å². The maximum absolute atomic E-state index is 11.7. The lowest BCUT2D eigenvalue weighted by Gasteiger charge is -2.20. The van der Waals surface area contributed by atoms with Crippen molar-refractivity contribution in [1.29, 1.82) is 0 Å². The van der Waals surface area contributed by atoms with Gasteiger partial charge in [0.15, 0.2) is 5.96 Å². The molecule has 0 saturated carbocycles. The molecule has 0 unspecified atom stereocenters. The Balaban J connectivity index is 2.67. The molecular weight excluding hydrogens is 334 g/mol. The summed E-state index contributed by atoms with van der Waals surface area (Å²) in [6.45, 7) is 7.67. The molecule has 0 atom stereocenters. The molecule has 1 aromatic heterocycles. The van der Waals surface area contributed by atoms with E-state index in [-0.39, 0.29) is 18.1 Å². The van der Waals surface area contributed by atoms with E-state index in [9.17, 15) is 4.79 Å². The molecule has 0 aliphatic carbocycles. The SMILES string of the molecule is COCCNC(=NCc1ccc(OC(C)(C)C)nc1)NCC(=O)N(C)C. The molecule has 1 amide bonds. The van der Waals surface area contributed by atoms with Crippen molar-refractivity contribution in [3.05, 3.63) is 23.9 Å². The van der Waals surface area contributed by atoms with Crippen LogP contribution in [0.2, 0.25) is 0 Å². The molecule has 1 rings (SSSR count). The molecule has 2 N–H and O–H groups in total. The second-order valence-electron chi connectivity index (χ2n) is 6.95. The van der Waals surface area contributed by atoms with Crippen molar-refractivity contribution in [2.24, 2.45) is 4.99 Å². The highest BCUT2D eigenvalue weighted by Crippen LogP contribution is 2.15. The van der Waals surface area contributed by atoms with Crippen LogP contribution in [0.3, 0.4) is 0 Å². The summed E-state index contributed by atoms with van der Waals surface area (Å²) in [5, 5.41) is 6.15. The first kappa shape index (κ1) is 21.7. The number of aliphatic imine (C=N–C) groups is 1. The van der Waals surface area contributed by atoms with Gasteiger partial charge in [-0.15, -0.1) is 0 Å². The molecule has 8 nitrogen and oxygen atoms in total. The first-order valence-corrected chi connectivity index (χ1v) is 8.56. The first-order chi connectivity index (χ1) is 12.2. The van der Waals surface area contributed by atoms with Gasteiger partial charge < -0.3 is 25.0 Å². The minimum Gasteiger partial charge on any atom is -0.472 e. The lowest BCUT2D eigenvalue weighted by molar-refractivity contribution is -0.127. The van der Waals surface area contributed by atoms with Crippen LogP contribution < -0.4 is 15.4 Å². The maximum Gasteiger partial charge on any atom is 0.241 e. The number of methoxy groups -OCH3 is 1. The predicted octanol–water partition coefficient (Wildman–Crippen LogP) is 1.03. The van der Waals surface area contributed by atoms with Gasteiger partial charge in [-0.2, -0.15) is 0 Å². The molecule has 0 aliphatic rings. The third-order valence-electron chi connectivity index (χ3n) is 3.13. The summed E-state index contributed by atoms with van der Waals surface area (Å²) in [6, 6.07) is 3.76. The van der Waals surface area contributed by atoms with E-state index in [0.29, 0.717) is 31.5 Å². The van der Waals surface area contributed by atoms with Crippen LogP contribution >= 0.6 is 0 Å². The number of ether oxygens (including phenoxy) is 2. The Labute approximate surface area is 156 Å². The second-order valence-corrected chi connectivity index (χ2v) is 6.95. The molecule has 1 aromatic rings. The lowest BCUT2D eigenvalue weighted by atomic mass is 10.2. The average Bonchev–Trinajstić information content (AvgIpc) is 2.56. The fourth-order valence-electron chi connectivity index (χ4n) is 1.81. The number of hydrogen-bond acceptors (Lipinski definition) is 5. The van der Waals surface area contributed by atoms with Crippen molar-refractivity contribution in [2.45, 2.75) is 32.9 Å². The highest BCUT2D eigenvalue weighted by atomic mass is 16.5. The predicted molar refractivity (Wildman–Crippen MR) is 102 cm³/mol. The topological polar surface area (TPSA) is 88.1 Å². The highest BCUT2D eigenvalue weighted by Gasteiger charge is 2.12. The van der Waals surface area contributed by atoms with E-state index in [0.717, 1.165) is 5.56 Å². The van der Waals surface area contributed by atoms with Gasteiger partial charge in [0.2, 0.25) is 11.8 Å². The third kappa shape index (κ3) is 9.22. The van der Waals surface area contributed by atoms with E-state index in [1.165, 1.54) is 4.90 Å². The Morgan fingerprint density at radius 3 is 2.54 bits per heavy atom. The normalized spacial score (nSPS) is 11.8.